The number of nitrogens with zero attached hydrogens (tertiary/aromatic N) is 1. The van der Waals surface area contributed by atoms with Crippen LogP contribution in [-0.2, 0) is 14.4 Å². The van der Waals surface area contributed by atoms with Gasteiger partial charge in [0.05, 0.1) is 11.8 Å². The summed E-state index contributed by atoms with van der Waals surface area (Å²) in [6, 6.07) is -0.495. The van der Waals surface area contributed by atoms with Crippen LogP contribution in [0.3, 0.4) is 0 Å². The van der Waals surface area contributed by atoms with Crippen molar-refractivity contribution in [3.63, 3.8) is 0 Å². The summed E-state index contributed by atoms with van der Waals surface area (Å²) >= 11 is 0. The molecule has 0 aromatic rings. The number of carbonyl (C=O) groups excluding carboxylic acids is 3. The van der Waals surface area contributed by atoms with Crippen LogP contribution < -0.4 is 5.32 Å². The molecule has 1 aliphatic heterocycles. The van der Waals surface area contributed by atoms with Crippen molar-refractivity contribution in [2.24, 2.45) is 17.8 Å². The van der Waals surface area contributed by atoms with Gasteiger partial charge in [-0.1, -0.05) is 58.1 Å². The third-order valence-corrected chi connectivity index (χ3v) is 6.30. The first kappa shape index (κ1) is 20.1. The molecule has 2 aliphatic carbocycles. The standard InChI is InChI=1S/C22H34N2O3/c1-15(2)14-19(20(25)23-16-10-6-4-3-5-7-11-16)24-21(26)17-12-8-9-13-18(17)22(24)27/h8-9,15-19H,3-7,10-14H2,1-2H3,(H,23,25)/t17-,18-,19+/m0/s1. The van der Waals surface area contributed by atoms with Crippen LogP contribution in [0.1, 0.15) is 78.1 Å². The van der Waals surface area contributed by atoms with E-state index in [0.717, 1.165) is 25.7 Å². The highest BCUT2D eigenvalue weighted by Gasteiger charge is 2.51. The van der Waals surface area contributed by atoms with Crippen LogP contribution in [0.4, 0.5) is 0 Å². The van der Waals surface area contributed by atoms with Crippen molar-refractivity contribution >= 4 is 17.7 Å². The smallest absolute Gasteiger partial charge is 0.243 e. The maximum absolute atomic E-state index is 13.2. The van der Waals surface area contributed by atoms with Gasteiger partial charge in [0.1, 0.15) is 6.04 Å². The minimum atomic E-state index is -0.666. The average molecular weight is 375 g/mol. The highest BCUT2D eigenvalue weighted by molar-refractivity contribution is 6.08. The van der Waals surface area contributed by atoms with Gasteiger partial charge in [-0.15, -0.1) is 0 Å². The minimum Gasteiger partial charge on any atom is -0.352 e. The van der Waals surface area contributed by atoms with Crippen molar-refractivity contribution < 1.29 is 14.4 Å². The number of allylic oxidation sites excluding steroid dienone is 2. The van der Waals surface area contributed by atoms with Crippen LogP contribution in [0, 0.1) is 17.8 Å². The topological polar surface area (TPSA) is 66.5 Å². The second-order valence-corrected chi connectivity index (χ2v) is 8.90. The summed E-state index contributed by atoms with van der Waals surface area (Å²) in [5, 5.41) is 3.19. The molecule has 27 heavy (non-hydrogen) atoms. The van der Waals surface area contributed by atoms with Crippen LogP contribution >= 0.6 is 0 Å². The molecule has 3 rings (SSSR count). The lowest BCUT2D eigenvalue weighted by atomic mass is 9.85. The fourth-order valence-corrected chi connectivity index (χ4v) is 4.81. The van der Waals surface area contributed by atoms with Crippen molar-refractivity contribution in [1.29, 1.82) is 0 Å². The molecular formula is C22H34N2O3. The zero-order valence-corrected chi connectivity index (χ0v) is 16.8. The Bertz CT molecular complexity index is 564. The Kier molecular flexibility index (Phi) is 6.72. The van der Waals surface area contributed by atoms with E-state index in [1.54, 1.807) is 0 Å². The molecule has 0 radical (unpaired) electrons. The van der Waals surface area contributed by atoms with Crippen molar-refractivity contribution in [2.45, 2.75) is 90.1 Å². The van der Waals surface area contributed by atoms with Gasteiger partial charge in [-0.25, -0.2) is 0 Å². The zero-order chi connectivity index (χ0) is 19.4. The van der Waals surface area contributed by atoms with Gasteiger partial charge >= 0.3 is 0 Å². The summed E-state index contributed by atoms with van der Waals surface area (Å²) < 4.78 is 0. The van der Waals surface area contributed by atoms with Crippen LogP contribution in [-0.4, -0.2) is 34.7 Å². The Balaban J connectivity index is 1.73. The first-order valence-electron chi connectivity index (χ1n) is 10.8. The van der Waals surface area contributed by atoms with E-state index in [1.165, 1.54) is 24.2 Å². The normalized spacial score (nSPS) is 28.0. The third kappa shape index (κ3) is 4.61. The van der Waals surface area contributed by atoms with E-state index in [4.69, 9.17) is 0 Å². The highest BCUT2D eigenvalue weighted by atomic mass is 16.2. The second-order valence-electron chi connectivity index (χ2n) is 8.90. The fraction of sp³-hybridized carbons (Fsp3) is 0.773. The summed E-state index contributed by atoms with van der Waals surface area (Å²) in [5.74, 6) is -0.736. The first-order valence-corrected chi connectivity index (χ1v) is 10.8. The number of hydrogen-bond acceptors (Lipinski definition) is 3. The van der Waals surface area contributed by atoms with Crippen molar-refractivity contribution in [2.75, 3.05) is 0 Å². The molecule has 5 nitrogen and oxygen atoms in total. The van der Waals surface area contributed by atoms with Crippen molar-refractivity contribution in [3.8, 4) is 0 Å². The Hall–Kier alpha value is -1.65. The number of likely N-dealkylation sites (tertiary alicyclic amines) is 1. The monoisotopic (exact) mass is 374 g/mol. The summed E-state index contributed by atoms with van der Waals surface area (Å²) in [5.41, 5.74) is 0. The maximum atomic E-state index is 13.2. The molecule has 0 aromatic heterocycles. The van der Waals surface area contributed by atoms with Gasteiger partial charge in [-0.3, -0.25) is 19.3 Å². The number of rotatable bonds is 5. The molecule has 1 saturated heterocycles. The van der Waals surface area contributed by atoms with E-state index in [1.807, 2.05) is 26.0 Å². The molecule has 1 N–H and O–H groups in total. The number of carbonyl (C=O) groups is 3. The average Bonchev–Trinajstić information content (AvgIpc) is 2.86. The molecule has 5 heteroatoms. The van der Waals surface area contributed by atoms with E-state index >= 15 is 0 Å². The SMILES string of the molecule is CC(C)C[C@H](C(=O)NC1CCCCCCC1)N1C(=O)[C@H]2CC=CC[C@@H]2C1=O. The molecule has 0 spiro atoms. The second kappa shape index (κ2) is 9.03. The predicted molar refractivity (Wildman–Crippen MR) is 105 cm³/mol. The lowest BCUT2D eigenvalue weighted by Gasteiger charge is -2.30. The van der Waals surface area contributed by atoms with Gasteiger partial charge in [-0.2, -0.15) is 0 Å². The Labute approximate surface area is 162 Å². The number of fused-ring (bicyclic) bond motifs is 1. The minimum absolute atomic E-state index is 0.137. The summed E-state index contributed by atoms with van der Waals surface area (Å²) in [6.45, 7) is 4.07. The van der Waals surface area contributed by atoms with Gasteiger partial charge in [-0.05, 0) is 38.0 Å². The number of imide groups is 1. The van der Waals surface area contributed by atoms with E-state index < -0.39 is 6.04 Å². The van der Waals surface area contributed by atoms with E-state index in [-0.39, 0.29) is 41.5 Å². The molecule has 0 bridgehead atoms. The van der Waals surface area contributed by atoms with E-state index in [0.29, 0.717) is 19.3 Å². The number of nitrogens with one attached hydrogen (secondary N) is 1. The van der Waals surface area contributed by atoms with E-state index in [9.17, 15) is 14.4 Å². The van der Waals surface area contributed by atoms with Gasteiger partial charge in [0.2, 0.25) is 17.7 Å². The third-order valence-electron chi connectivity index (χ3n) is 6.30. The number of hydrogen-bond donors (Lipinski definition) is 1. The van der Waals surface area contributed by atoms with Crippen LogP contribution in [0.25, 0.3) is 0 Å². The van der Waals surface area contributed by atoms with Gasteiger partial charge in [0, 0.05) is 6.04 Å². The molecule has 1 saturated carbocycles. The molecule has 3 amide bonds. The molecule has 150 valence electrons. The maximum Gasteiger partial charge on any atom is 0.243 e. The Morgan fingerprint density at radius 2 is 1.52 bits per heavy atom. The molecule has 2 fully saturated rings. The Morgan fingerprint density at radius 3 is 2.04 bits per heavy atom. The van der Waals surface area contributed by atoms with Crippen LogP contribution in [0.2, 0.25) is 0 Å². The van der Waals surface area contributed by atoms with Crippen molar-refractivity contribution in [3.05, 3.63) is 12.2 Å². The van der Waals surface area contributed by atoms with Crippen molar-refractivity contribution in [1.82, 2.24) is 10.2 Å². The predicted octanol–water partition coefficient (Wildman–Crippen LogP) is 3.58. The summed E-state index contributed by atoms with van der Waals surface area (Å²) in [7, 11) is 0. The molecule has 3 aliphatic rings. The lowest BCUT2D eigenvalue weighted by molar-refractivity contribution is -0.148. The Morgan fingerprint density at radius 1 is 1.00 bits per heavy atom. The summed E-state index contributed by atoms with van der Waals surface area (Å²) in [6.07, 6.45) is 13.7. The first-order chi connectivity index (χ1) is 13.0. The van der Waals surface area contributed by atoms with Crippen LogP contribution in [0.5, 0.6) is 0 Å². The molecule has 0 unspecified atom stereocenters. The molecular weight excluding hydrogens is 340 g/mol. The summed E-state index contributed by atoms with van der Waals surface area (Å²) in [4.78, 5) is 40.4. The fourth-order valence-electron chi connectivity index (χ4n) is 4.81. The highest BCUT2D eigenvalue weighted by Crippen LogP contribution is 2.37. The van der Waals surface area contributed by atoms with Gasteiger partial charge < -0.3 is 5.32 Å². The molecule has 1 heterocycles. The van der Waals surface area contributed by atoms with Gasteiger partial charge in [0.25, 0.3) is 0 Å². The van der Waals surface area contributed by atoms with E-state index in [2.05, 4.69) is 5.32 Å². The largest absolute Gasteiger partial charge is 0.352 e. The molecule has 3 atom stereocenters. The zero-order valence-electron chi connectivity index (χ0n) is 16.8. The quantitative estimate of drug-likeness (QED) is 0.591. The van der Waals surface area contributed by atoms with Gasteiger partial charge in [0.15, 0.2) is 0 Å². The van der Waals surface area contributed by atoms with Crippen LogP contribution in [0.15, 0.2) is 12.2 Å². The lowest BCUT2D eigenvalue weighted by Crippen LogP contribution is -2.52. The molecule has 0 aromatic carbocycles. The number of amides is 3.